The van der Waals surface area contributed by atoms with Gasteiger partial charge in [-0.05, 0) is 33.6 Å². The van der Waals surface area contributed by atoms with E-state index in [-0.39, 0.29) is 30.7 Å². The van der Waals surface area contributed by atoms with Crippen molar-refractivity contribution < 1.29 is 10.0 Å². The van der Waals surface area contributed by atoms with E-state index in [1.165, 1.54) is 0 Å². The maximum absolute atomic E-state index is 10.8. The van der Waals surface area contributed by atoms with Gasteiger partial charge in [-0.3, -0.25) is 4.79 Å². The van der Waals surface area contributed by atoms with Gasteiger partial charge >= 0.3 is 0 Å². The highest BCUT2D eigenvalue weighted by molar-refractivity contribution is 6.25. The summed E-state index contributed by atoms with van der Waals surface area (Å²) in [6.07, 6.45) is 1.92. The molecule has 0 bridgehead atoms. The van der Waals surface area contributed by atoms with Gasteiger partial charge in [0.2, 0.25) is 0 Å². The fraction of sp³-hybridized carbons (Fsp3) is 0.778. The lowest BCUT2D eigenvalue weighted by molar-refractivity contribution is -0.114. The molecule has 8 heteroatoms. The maximum atomic E-state index is 10.8. The molecule has 0 aromatic heterocycles. The summed E-state index contributed by atoms with van der Waals surface area (Å²) in [7, 11) is 4.07. The minimum Gasteiger partial charge on any atom is -0.411 e. The monoisotopic (exact) mass is 288 g/mol. The highest BCUT2D eigenvalue weighted by Crippen LogP contribution is 1.79. The SMILES string of the molecule is CN(C)CCCNCCNC(=O)C=NO.Cl.Cl. The van der Waals surface area contributed by atoms with Crippen LogP contribution in [0.25, 0.3) is 0 Å². The van der Waals surface area contributed by atoms with Crippen molar-refractivity contribution in [2.75, 3.05) is 40.3 Å². The van der Waals surface area contributed by atoms with Crippen molar-refractivity contribution >= 4 is 36.9 Å². The number of halogens is 2. The molecule has 1 amide bonds. The zero-order valence-corrected chi connectivity index (χ0v) is 11.8. The molecular weight excluding hydrogens is 267 g/mol. The van der Waals surface area contributed by atoms with Crippen LogP contribution in [0.2, 0.25) is 0 Å². The Morgan fingerprint density at radius 3 is 2.47 bits per heavy atom. The Kier molecular flexibility index (Phi) is 19.7. The lowest BCUT2D eigenvalue weighted by Crippen LogP contribution is -2.33. The van der Waals surface area contributed by atoms with Crippen LogP contribution in [0.4, 0.5) is 0 Å². The van der Waals surface area contributed by atoms with Gasteiger partial charge in [0.25, 0.3) is 5.91 Å². The number of hydrogen-bond acceptors (Lipinski definition) is 5. The van der Waals surface area contributed by atoms with Crippen molar-refractivity contribution in [3.63, 3.8) is 0 Å². The molecule has 0 aromatic carbocycles. The largest absolute Gasteiger partial charge is 0.411 e. The molecule has 0 heterocycles. The van der Waals surface area contributed by atoms with E-state index in [4.69, 9.17) is 5.21 Å². The van der Waals surface area contributed by atoms with Gasteiger partial charge in [-0.1, -0.05) is 5.16 Å². The molecule has 0 saturated carbocycles. The molecule has 0 aromatic rings. The van der Waals surface area contributed by atoms with E-state index in [1.54, 1.807) is 0 Å². The molecule has 6 nitrogen and oxygen atoms in total. The number of amides is 1. The fourth-order valence-electron chi connectivity index (χ4n) is 1.02. The molecular formula is C9H22Cl2N4O2. The van der Waals surface area contributed by atoms with Crippen molar-refractivity contribution in [3.8, 4) is 0 Å². The minimum absolute atomic E-state index is 0. The lowest BCUT2D eigenvalue weighted by atomic mass is 10.4. The van der Waals surface area contributed by atoms with E-state index < -0.39 is 0 Å². The quantitative estimate of drug-likeness (QED) is 0.253. The fourth-order valence-corrected chi connectivity index (χ4v) is 1.02. The lowest BCUT2D eigenvalue weighted by Gasteiger charge is -2.09. The van der Waals surface area contributed by atoms with Crippen LogP contribution in [0.15, 0.2) is 5.16 Å². The first-order valence-corrected chi connectivity index (χ1v) is 4.97. The topological polar surface area (TPSA) is 77.0 Å². The number of rotatable bonds is 8. The van der Waals surface area contributed by atoms with Crippen molar-refractivity contribution in [1.82, 2.24) is 15.5 Å². The number of carbonyl (C=O) groups excluding carboxylic acids is 1. The zero-order chi connectivity index (χ0) is 11.5. The summed E-state index contributed by atoms with van der Waals surface area (Å²) < 4.78 is 0. The third kappa shape index (κ3) is 18.0. The van der Waals surface area contributed by atoms with Crippen LogP contribution < -0.4 is 10.6 Å². The minimum atomic E-state index is -0.382. The second kappa shape index (κ2) is 15.4. The van der Waals surface area contributed by atoms with Crippen LogP contribution in [-0.2, 0) is 4.79 Å². The summed E-state index contributed by atoms with van der Waals surface area (Å²) in [5.74, 6) is -0.382. The Hall–Kier alpha value is -0.560. The summed E-state index contributed by atoms with van der Waals surface area (Å²) in [5, 5.41) is 16.4. The number of hydrogen-bond donors (Lipinski definition) is 3. The van der Waals surface area contributed by atoms with Crippen molar-refractivity contribution in [2.45, 2.75) is 6.42 Å². The Labute approximate surface area is 115 Å². The molecule has 3 N–H and O–H groups in total. The van der Waals surface area contributed by atoms with Gasteiger partial charge in [-0.2, -0.15) is 0 Å². The van der Waals surface area contributed by atoms with Gasteiger partial charge < -0.3 is 20.7 Å². The van der Waals surface area contributed by atoms with Gasteiger partial charge in [0.15, 0.2) is 0 Å². The van der Waals surface area contributed by atoms with Crippen molar-refractivity contribution in [1.29, 1.82) is 0 Å². The summed E-state index contributed by atoms with van der Waals surface area (Å²) in [6.45, 7) is 3.24. The molecule has 0 spiro atoms. The Morgan fingerprint density at radius 2 is 1.94 bits per heavy atom. The average molecular weight is 289 g/mol. The van der Waals surface area contributed by atoms with Crippen LogP contribution in [0.5, 0.6) is 0 Å². The van der Waals surface area contributed by atoms with Crippen LogP contribution in [0.1, 0.15) is 6.42 Å². The number of nitrogens with zero attached hydrogens (tertiary/aromatic N) is 2. The van der Waals surface area contributed by atoms with E-state index >= 15 is 0 Å². The number of oxime groups is 1. The molecule has 104 valence electrons. The second-order valence-electron chi connectivity index (χ2n) is 3.44. The summed E-state index contributed by atoms with van der Waals surface area (Å²) >= 11 is 0. The predicted molar refractivity (Wildman–Crippen MR) is 73.8 cm³/mol. The highest BCUT2D eigenvalue weighted by atomic mass is 35.5. The molecule has 17 heavy (non-hydrogen) atoms. The van der Waals surface area contributed by atoms with Gasteiger partial charge in [0, 0.05) is 13.1 Å². The number of nitrogens with one attached hydrogen (secondary N) is 2. The Bertz CT molecular complexity index is 203. The first-order valence-electron chi connectivity index (χ1n) is 4.97. The molecule has 0 unspecified atom stereocenters. The van der Waals surface area contributed by atoms with E-state index in [0.29, 0.717) is 6.54 Å². The van der Waals surface area contributed by atoms with Crippen LogP contribution in [0, 0.1) is 0 Å². The first-order chi connectivity index (χ1) is 7.16. The number of carbonyl (C=O) groups is 1. The molecule has 0 aliphatic heterocycles. The van der Waals surface area contributed by atoms with Gasteiger partial charge in [-0.15, -0.1) is 24.8 Å². The summed E-state index contributed by atoms with van der Waals surface area (Å²) in [4.78, 5) is 12.9. The maximum Gasteiger partial charge on any atom is 0.265 e. The third-order valence-electron chi connectivity index (χ3n) is 1.73. The van der Waals surface area contributed by atoms with E-state index in [1.807, 2.05) is 14.1 Å². The third-order valence-corrected chi connectivity index (χ3v) is 1.73. The standard InChI is InChI=1S/C9H20N4O2.2ClH/c1-13(2)7-3-4-10-5-6-11-9(14)8-12-15;;/h8,10,15H,3-7H2,1-2H3,(H,11,14);2*1H. The van der Waals surface area contributed by atoms with Crippen LogP contribution in [0.3, 0.4) is 0 Å². The Balaban J connectivity index is -0.000000980. The molecule has 0 fully saturated rings. The normalized spacial score (nSPS) is 9.82. The molecule has 0 saturated heterocycles. The smallest absolute Gasteiger partial charge is 0.265 e. The molecule has 0 aliphatic rings. The summed E-state index contributed by atoms with van der Waals surface area (Å²) in [6, 6.07) is 0. The van der Waals surface area contributed by atoms with Crippen LogP contribution >= 0.6 is 24.8 Å². The van der Waals surface area contributed by atoms with Crippen molar-refractivity contribution in [3.05, 3.63) is 0 Å². The average Bonchev–Trinajstić information content (AvgIpc) is 2.16. The van der Waals surface area contributed by atoms with Gasteiger partial charge in [0.05, 0.1) is 0 Å². The van der Waals surface area contributed by atoms with E-state index in [0.717, 1.165) is 32.3 Å². The first kappa shape index (κ1) is 21.7. The van der Waals surface area contributed by atoms with Gasteiger partial charge in [0.1, 0.15) is 6.21 Å². The van der Waals surface area contributed by atoms with Crippen molar-refractivity contribution in [2.24, 2.45) is 5.16 Å². The predicted octanol–water partition coefficient (Wildman–Crippen LogP) is -0.0525. The Morgan fingerprint density at radius 1 is 1.29 bits per heavy atom. The molecule has 0 radical (unpaired) electrons. The van der Waals surface area contributed by atoms with Gasteiger partial charge in [-0.25, -0.2) is 0 Å². The zero-order valence-electron chi connectivity index (χ0n) is 10.2. The molecule has 0 rings (SSSR count). The van der Waals surface area contributed by atoms with E-state index in [9.17, 15) is 4.79 Å². The molecule has 0 aliphatic carbocycles. The molecule has 0 atom stereocenters. The van der Waals surface area contributed by atoms with E-state index in [2.05, 4.69) is 20.7 Å². The van der Waals surface area contributed by atoms with Crippen LogP contribution in [-0.4, -0.2) is 62.5 Å². The summed E-state index contributed by atoms with van der Waals surface area (Å²) in [5.41, 5.74) is 0. The second-order valence-corrected chi connectivity index (χ2v) is 3.44. The highest BCUT2D eigenvalue weighted by Gasteiger charge is 1.94.